The fourth-order valence-electron chi connectivity index (χ4n) is 2.05. The molecular formula is C13H20N4OS. The quantitative estimate of drug-likeness (QED) is 0.913. The molecule has 2 rings (SSSR count). The van der Waals surface area contributed by atoms with Crippen LogP contribution < -0.4 is 10.1 Å². The summed E-state index contributed by atoms with van der Waals surface area (Å²) in [4.78, 5) is 4.50. The smallest absolute Gasteiger partial charge is 0.216 e. The van der Waals surface area contributed by atoms with Crippen LogP contribution in [0, 0.1) is 13.8 Å². The summed E-state index contributed by atoms with van der Waals surface area (Å²) in [6, 6.07) is 0.225. The number of aryl methyl sites for hydroxylation is 3. The van der Waals surface area contributed by atoms with Crippen LogP contribution in [0.15, 0.2) is 5.38 Å². The normalized spacial score (nSPS) is 12.7. The maximum absolute atomic E-state index is 5.39. The standard InChI is InChI=1S/C13H20N4OS/c1-8-7-19-12(15-8)10(3)14-6-11-9(2)16-17(4)13(11)18-5/h7,10,14H,6H2,1-5H3. The Morgan fingerprint density at radius 2 is 2.21 bits per heavy atom. The molecule has 0 aliphatic heterocycles. The highest BCUT2D eigenvalue weighted by Gasteiger charge is 2.15. The zero-order valence-corrected chi connectivity index (χ0v) is 12.8. The number of hydrogen-bond donors (Lipinski definition) is 1. The van der Waals surface area contributed by atoms with Gasteiger partial charge in [0, 0.05) is 24.7 Å². The van der Waals surface area contributed by atoms with Crippen LogP contribution in [0.4, 0.5) is 0 Å². The minimum atomic E-state index is 0.225. The molecule has 0 fully saturated rings. The number of nitrogens with zero attached hydrogens (tertiary/aromatic N) is 3. The van der Waals surface area contributed by atoms with Crippen molar-refractivity contribution in [2.75, 3.05) is 7.11 Å². The van der Waals surface area contributed by atoms with Crippen molar-refractivity contribution in [3.05, 3.63) is 27.3 Å². The lowest BCUT2D eigenvalue weighted by Crippen LogP contribution is -2.18. The first-order valence-electron chi connectivity index (χ1n) is 6.24. The van der Waals surface area contributed by atoms with Crippen LogP contribution in [-0.4, -0.2) is 21.9 Å². The van der Waals surface area contributed by atoms with E-state index in [2.05, 4.69) is 27.7 Å². The second-order valence-electron chi connectivity index (χ2n) is 4.63. The van der Waals surface area contributed by atoms with E-state index < -0.39 is 0 Å². The molecule has 1 unspecified atom stereocenters. The summed E-state index contributed by atoms with van der Waals surface area (Å²) in [5.74, 6) is 0.813. The van der Waals surface area contributed by atoms with Crippen LogP contribution in [0.2, 0.25) is 0 Å². The molecular weight excluding hydrogens is 260 g/mol. The molecule has 0 bridgehead atoms. The number of aromatic nitrogens is 3. The Bertz CT molecular complexity index is 561. The molecule has 2 heterocycles. The number of rotatable bonds is 5. The van der Waals surface area contributed by atoms with Gasteiger partial charge in [0.15, 0.2) is 0 Å². The fourth-order valence-corrected chi connectivity index (χ4v) is 2.88. The van der Waals surface area contributed by atoms with E-state index in [1.165, 1.54) is 0 Å². The van der Waals surface area contributed by atoms with Crippen LogP contribution in [0.25, 0.3) is 0 Å². The van der Waals surface area contributed by atoms with Crippen molar-refractivity contribution in [3.63, 3.8) is 0 Å². The summed E-state index contributed by atoms with van der Waals surface area (Å²) in [6.45, 7) is 6.86. The summed E-state index contributed by atoms with van der Waals surface area (Å²) in [5, 5.41) is 11.0. The Morgan fingerprint density at radius 3 is 2.79 bits per heavy atom. The van der Waals surface area contributed by atoms with Crippen molar-refractivity contribution in [3.8, 4) is 5.88 Å². The van der Waals surface area contributed by atoms with E-state index in [1.54, 1.807) is 23.1 Å². The minimum absolute atomic E-state index is 0.225. The van der Waals surface area contributed by atoms with E-state index in [9.17, 15) is 0 Å². The Hall–Kier alpha value is -1.40. The van der Waals surface area contributed by atoms with Crippen LogP contribution in [0.3, 0.4) is 0 Å². The highest BCUT2D eigenvalue weighted by Crippen LogP contribution is 2.23. The van der Waals surface area contributed by atoms with Crippen molar-refractivity contribution in [1.29, 1.82) is 0 Å². The topological polar surface area (TPSA) is 52.0 Å². The largest absolute Gasteiger partial charge is 0.481 e. The molecule has 19 heavy (non-hydrogen) atoms. The zero-order valence-electron chi connectivity index (χ0n) is 12.0. The van der Waals surface area contributed by atoms with Crippen LogP contribution in [0.1, 0.15) is 34.9 Å². The van der Waals surface area contributed by atoms with Crippen molar-refractivity contribution in [2.45, 2.75) is 33.4 Å². The molecule has 104 valence electrons. The molecule has 0 radical (unpaired) electrons. The second-order valence-corrected chi connectivity index (χ2v) is 5.52. The molecule has 0 spiro atoms. The average Bonchev–Trinajstić information content (AvgIpc) is 2.90. The second kappa shape index (κ2) is 5.71. The predicted molar refractivity (Wildman–Crippen MR) is 76.6 cm³/mol. The highest BCUT2D eigenvalue weighted by molar-refractivity contribution is 7.09. The van der Waals surface area contributed by atoms with Crippen molar-refractivity contribution in [1.82, 2.24) is 20.1 Å². The molecule has 5 nitrogen and oxygen atoms in total. The maximum atomic E-state index is 5.39. The third kappa shape index (κ3) is 2.96. The van der Waals surface area contributed by atoms with Crippen molar-refractivity contribution in [2.24, 2.45) is 7.05 Å². The first kappa shape index (κ1) is 14.0. The summed E-state index contributed by atoms with van der Waals surface area (Å²) in [6.07, 6.45) is 0. The molecule has 1 atom stereocenters. The van der Waals surface area contributed by atoms with E-state index >= 15 is 0 Å². The molecule has 6 heteroatoms. The molecule has 0 aromatic carbocycles. The van der Waals surface area contributed by atoms with E-state index in [0.29, 0.717) is 0 Å². The average molecular weight is 280 g/mol. The summed E-state index contributed by atoms with van der Waals surface area (Å²) >= 11 is 1.69. The van der Waals surface area contributed by atoms with Crippen molar-refractivity contribution < 1.29 is 4.74 Å². The van der Waals surface area contributed by atoms with Gasteiger partial charge in [0.25, 0.3) is 0 Å². The number of ether oxygens (including phenoxy) is 1. The van der Waals surface area contributed by atoms with Gasteiger partial charge in [-0.15, -0.1) is 11.3 Å². The molecule has 2 aromatic rings. The highest BCUT2D eigenvalue weighted by atomic mass is 32.1. The molecule has 0 saturated carbocycles. The fraction of sp³-hybridized carbons (Fsp3) is 0.538. The molecule has 0 aliphatic rings. The minimum Gasteiger partial charge on any atom is -0.481 e. The van der Waals surface area contributed by atoms with Gasteiger partial charge < -0.3 is 10.1 Å². The third-order valence-corrected chi connectivity index (χ3v) is 4.22. The van der Waals surface area contributed by atoms with Gasteiger partial charge in [0.1, 0.15) is 5.01 Å². The number of nitrogens with one attached hydrogen (secondary N) is 1. The Kier molecular flexibility index (Phi) is 4.21. The van der Waals surface area contributed by atoms with E-state index in [-0.39, 0.29) is 6.04 Å². The van der Waals surface area contributed by atoms with E-state index in [1.807, 2.05) is 20.9 Å². The SMILES string of the molecule is COc1c(CNC(C)c2nc(C)cs2)c(C)nn1C. The monoisotopic (exact) mass is 280 g/mol. The molecule has 0 aliphatic carbocycles. The van der Waals surface area contributed by atoms with Gasteiger partial charge in [-0.2, -0.15) is 5.10 Å². The number of thiazole rings is 1. The Morgan fingerprint density at radius 1 is 1.47 bits per heavy atom. The lowest BCUT2D eigenvalue weighted by atomic mass is 10.2. The molecule has 2 aromatic heterocycles. The van der Waals surface area contributed by atoms with Gasteiger partial charge in [0.05, 0.1) is 24.4 Å². The van der Waals surface area contributed by atoms with Crippen LogP contribution in [0.5, 0.6) is 5.88 Å². The van der Waals surface area contributed by atoms with Crippen LogP contribution >= 0.6 is 11.3 Å². The summed E-state index contributed by atoms with van der Waals surface area (Å²) in [5.41, 5.74) is 3.17. The van der Waals surface area contributed by atoms with Gasteiger partial charge in [-0.1, -0.05) is 0 Å². The number of hydrogen-bond acceptors (Lipinski definition) is 5. The lowest BCUT2D eigenvalue weighted by molar-refractivity contribution is 0.367. The number of methoxy groups -OCH3 is 1. The Labute approximate surface area is 117 Å². The van der Waals surface area contributed by atoms with Gasteiger partial charge in [-0.25, -0.2) is 9.67 Å². The maximum Gasteiger partial charge on any atom is 0.216 e. The zero-order chi connectivity index (χ0) is 14.0. The van der Waals surface area contributed by atoms with Gasteiger partial charge in [-0.05, 0) is 20.8 Å². The van der Waals surface area contributed by atoms with Crippen LogP contribution in [-0.2, 0) is 13.6 Å². The summed E-state index contributed by atoms with van der Waals surface area (Å²) < 4.78 is 7.15. The first-order valence-corrected chi connectivity index (χ1v) is 7.12. The van der Waals surface area contributed by atoms with Gasteiger partial charge in [-0.3, -0.25) is 0 Å². The predicted octanol–water partition coefficient (Wildman–Crippen LogP) is 2.35. The van der Waals surface area contributed by atoms with Gasteiger partial charge >= 0.3 is 0 Å². The van der Waals surface area contributed by atoms with E-state index in [0.717, 1.165) is 34.4 Å². The van der Waals surface area contributed by atoms with E-state index in [4.69, 9.17) is 4.74 Å². The molecule has 1 N–H and O–H groups in total. The Balaban J connectivity index is 2.06. The lowest BCUT2D eigenvalue weighted by Gasteiger charge is -2.11. The summed E-state index contributed by atoms with van der Waals surface area (Å²) in [7, 11) is 3.57. The van der Waals surface area contributed by atoms with Gasteiger partial charge in [0.2, 0.25) is 5.88 Å². The third-order valence-electron chi connectivity index (χ3n) is 3.07. The molecule has 0 saturated heterocycles. The first-order chi connectivity index (χ1) is 9.02. The molecule has 0 amide bonds. The van der Waals surface area contributed by atoms with Crippen molar-refractivity contribution >= 4 is 11.3 Å².